The molecule has 0 radical (unpaired) electrons. The fourth-order valence-electron chi connectivity index (χ4n) is 1.68. The summed E-state index contributed by atoms with van der Waals surface area (Å²) in [5, 5.41) is 2.79. The summed E-state index contributed by atoms with van der Waals surface area (Å²) in [6.07, 6.45) is 0.919. The monoisotopic (exact) mass is 310 g/mol. The zero-order valence-corrected chi connectivity index (χ0v) is 13.3. The minimum absolute atomic E-state index is 0.0503. The summed E-state index contributed by atoms with van der Waals surface area (Å²) in [5.74, 6) is 0.0613. The van der Waals surface area contributed by atoms with Gasteiger partial charge in [-0.25, -0.2) is 0 Å². The normalized spacial score (nSPS) is 10.2. The molecule has 0 aromatic heterocycles. The van der Waals surface area contributed by atoms with Crippen molar-refractivity contribution in [3.63, 3.8) is 0 Å². The van der Waals surface area contributed by atoms with Crippen LogP contribution >= 0.6 is 11.8 Å². The van der Waals surface area contributed by atoms with Crippen molar-refractivity contribution in [2.24, 2.45) is 0 Å². The molecule has 0 aliphatic carbocycles. The van der Waals surface area contributed by atoms with Crippen LogP contribution in [0.1, 0.15) is 25.3 Å². The highest BCUT2D eigenvalue weighted by molar-refractivity contribution is 8.00. The number of nitrogens with one attached hydrogen (secondary N) is 1. The van der Waals surface area contributed by atoms with E-state index < -0.39 is 0 Å². The first-order valence-electron chi connectivity index (χ1n) is 6.94. The minimum Gasteiger partial charge on any atom is -0.466 e. The van der Waals surface area contributed by atoms with Gasteiger partial charge in [-0.1, -0.05) is 6.07 Å². The van der Waals surface area contributed by atoms with Gasteiger partial charge in [0.2, 0.25) is 5.91 Å². The van der Waals surface area contributed by atoms with E-state index in [2.05, 4.69) is 5.32 Å². The lowest BCUT2D eigenvalue weighted by Gasteiger charge is -2.08. The van der Waals surface area contributed by atoms with Gasteiger partial charge in [-0.05, 0) is 38.0 Å². The van der Waals surface area contributed by atoms with Crippen molar-refractivity contribution in [2.75, 3.05) is 24.6 Å². The zero-order valence-electron chi connectivity index (χ0n) is 12.5. The Morgan fingerprint density at radius 2 is 2.14 bits per heavy atom. The summed E-state index contributed by atoms with van der Waals surface area (Å²) < 4.78 is 4.81. The molecule has 1 rings (SSSR count). The van der Waals surface area contributed by atoms with Crippen molar-refractivity contribution < 1.29 is 14.3 Å². The average molecular weight is 310 g/mol. The van der Waals surface area contributed by atoms with Crippen LogP contribution in [0.3, 0.4) is 0 Å². The first-order chi connectivity index (χ1) is 10.0. The van der Waals surface area contributed by atoms with Crippen molar-refractivity contribution >= 4 is 29.3 Å². The molecule has 116 valence electrons. The van der Waals surface area contributed by atoms with E-state index in [9.17, 15) is 9.59 Å². The Morgan fingerprint density at radius 3 is 2.86 bits per heavy atom. The third-order valence-electron chi connectivity index (χ3n) is 2.87. The first-order valence-corrected chi connectivity index (χ1v) is 7.93. The fraction of sp³-hybridized carbons (Fsp3) is 0.467. The number of hydrogen-bond donors (Lipinski definition) is 2. The lowest BCUT2D eigenvalue weighted by molar-refractivity contribution is -0.143. The van der Waals surface area contributed by atoms with Crippen LogP contribution in [0.2, 0.25) is 0 Å². The predicted octanol–water partition coefficient (Wildman–Crippen LogP) is 2.13. The molecule has 21 heavy (non-hydrogen) atoms. The van der Waals surface area contributed by atoms with Gasteiger partial charge in [0.25, 0.3) is 0 Å². The number of nitrogens with two attached hydrogens (primary N) is 1. The number of esters is 1. The smallest absolute Gasteiger partial charge is 0.305 e. The Morgan fingerprint density at radius 1 is 1.38 bits per heavy atom. The summed E-state index contributed by atoms with van der Waals surface area (Å²) in [4.78, 5) is 23.8. The van der Waals surface area contributed by atoms with Gasteiger partial charge in [0.1, 0.15) is 0 Å². The van der Waals surface area contributed by atoms with Gasteiger partial charge in [-0.2, -0.15) is 0 Å². The van der Waals surface area contributed by atoms with E-state index in [1.165, 1.54) is 11.8 Å². The highest BCUT2D eigenvalue weighted by Crippen LogP contribution is 2.25. The van der Waals surface area contributed by atoms with Crippen LogP contribution in [0.5, 0.6) is 0 Å². The summed E-state index contributed by atoms with van der Waals surface area (Å²) in [6, 6.07) is 5.67. The molecule has 3 N–H and O–H groups in total. The second-order valence-corrected chi connectivity index (χ2v) is 5.53. The summed E-state index contributed by atoms with van der Waals surface area (Å²) in [5.41, 5.74) is 7.55. The number of anilines is 1. The van der Waals surface area contributed by atoms with Gasteiger partial charge in [-0.3, -0.25) is 9.59 Å². The third-order valence-corrected chi connectivity index (χ3v) is 4.03. The molecule has 0 unspecified atom stereocenters. The fourth-order valence-corrected chi connectivity index (χ4v) is 2.57. The molecule has 0 aliphatic heterocycles. The van der Waals surface area contributed by atoms with E-state index in [1.54, 1.807) is 6.92 Å². The Hall–Kier alpha value is -1.69. The molecule has 0 aliphatic rings. The van der Waals surface area contributed by atoms with Crippen LogP contribution in [0, 0.1) is 6.92 Å². The molecule has 0 fully saturated rings. The lowest BCUT2D eigenvalue weighted by atomic mass is 10.2. The molecule has 1 amide bonds. The van der Waals surface area contributed by atoms with Crippen molar-refractivity contribution in [2.45, 2.75) is 31.6 Å². The number of ether oxygens (including phenoxy) is 1. The van der Waals surface area contributed by atoms with Gasteiger partial charge in [0, 0.05) is 23.5 Å². The lowest BCUT2D eigenvalue weighted by Crippen LogP contribution is -2.26. The number of amides is 1. The van der Waals surface area contributed by atoms with Gasteiger partial charge in [-0.15, -0.1) is 11.8 Å². The second-order valence-electron chi connectivity index (χ2n) is 4.52. The maximum absolute atomic E-state index is 11.7. The molecule has 5 nitrogen and oxygen atoms in total. The van der Waals surface area contributed by atoms with Crippen LogP contribution < -0.4 is 11.1 Å². The summed E-state index contributed by atoms with van der Waals surface area (Å²) in [7, 11) is 0. The Labute approximate surface area is 129 Å². The van der Waals surface area contributed by atoms with Gasteiger partial charge >= 0.3 is 5.97 Å². The number of carbonyl (C=O) groups is 2. The molecular weight excluding hydrogens is 288 g/mol. The minimum atomic E-state index is -0.225. The number of thioether (sulfide) groups is 1. The van der Waals surface area contributed by atoms with Crippen LogP contribution in [0.15, 0.2) is 23.1 Å². The SMILES string of the molecule is CCOC(=O)CCCNC(=O)CSc1cccc(N)c1C. The van der Waals surface area contributed by atoms with Gasteiger partial charge in [0.05, 0.1) is 12.4 Å². The van der Waals surface area contributed by atoms with Crippen molar-refractivity contribution in [3.8, 4) is 0 Å². The standard InChI is InChI=1S/C15H22N2O3S/c1-3-20-15(19)8-5-9-17-14(18)10-21-13-7-4-6-12(16)11(13)2/h4,6-7H,3,5,8-10,16H2,1-2H3,(H,17,18). The van der Waals surface area contributed by atoms with Crippen molar-refractivity contribution in [3.05, 3.63) is 23.8 Å². The largest absolute Gasteiger partial charge is 0.466 e. The van der Waals surface area contributed by atoms with Crippen LogP contribution in [-0.4, -0.2) is 30.8 Å². The maximum atomic E-state index is 11.7. The average Bonchev–Trinajstić information content (AvgIpc) is 2.45. The Balaban J connectivity index is 2.22. The zero-order chi connectivity index (χ0) is 15.7. The van der Waals surface area contributed by atoms with Crippen LogP contribution in [-0.2, 0) is 14.3 Å². The number of rotatable bonds is 8. The van der Waals surface area contributed by atoms with Crippen molar-refractivity contribution in [1.82, 2.24) is 5.32 Å². The van der Waals surface area contributed by atoms with E-state index in [0.29, 0.717) is 31.7 Å². The molecule has 0 saturated carbocycles. The molecule has 0 bridgehead atoms. The summed E-state index contributed by atoms with van der Waals surface area (Å²) in [6.45, 7) is 4.58. The molecule has 0 spiro atoms. The van der Waals surface area contributed by atoms with Crippen LogP contribution in [0.25, 0.3) is 0 Å². The van der Waals surface area contributed by atoms with Gasteiger partial charge < -0.3 is 15.8 Å². The number of carbonyl (C=O) groups excluding carboxylic acids is 2. The second kappa shape index (κ2) is 9.28. The first kappa shape index (κ1) is 17.4. The predicted molar refractivity (Wildman–Crippen MR) is 85.2 cm³/mol. The molecule has 1 aromatic carbocycles. The van der Waals surface area contributed by atoms with E-state index in [1.807, 2.05) is 25.1 Å². The molecular formula is C15H22N2O3S. The molecule has 0 atom stereocenters. The molecule has 1 aromatic rings. The number of hydrogen-bond acceptors (Lipinski definition) is 5. The van der Waals surface area contributed by atoms with E-state index in [4.69, 9.17) is 10.5 Å². The van der Waals surface area contributed by atoms with E-state index in [-0.39, 0.29) is 11.9 Å². The van der Waals surface area contributed by atoms with Crippen molar-refractivity contribution in [1.29, 1.82) is 0 Å². The highest BCUT2D eigenvalue weighted by Gasteiger charge is 2.07. The highest BCUT2D eigenvalue weighted by atomic mass is 32.2. The molecule has 0 heterocycles. The third kappa shape index (κ3) is 6.53. The topological polar surface area (TPSA) is 81.4 Å². The maximum Gasteiger partial charge on any atom is 0.305 e. The molecule has 0 saturated heterocycles. The summed E-state index contributed by atoms with van der Waals surface area (Å²) >= 11 is 1.46. The number of benzene rings is 1. The molecule has 6 heteroatoms. The number of nitrogen functional groups attached to an aromatic ring is 1. The Kier molecular flexibility index (Phi) is 7.68. The van der Waals surface area contributed by atoms with Gasteiger partial charge in [0.15, 0.2) is 0 Å². The van der Waals surface area contributed by atoms with E-state index in [0.717, 1.165) is 16.1 Å². The van der Waals surface area contributed by atoms with E-state index >= 15 is 0 Å². The van der Waals surface area contributed by atoms with Crippen LogP contribution in [0.4, 0.5) is 5.69 Å². The Bertz CT molecular complexity index is 492. The quantitative estimate of drug-likeness (QED) is 0.333.